The van der Waals surface area contributed by atoms with E-state index in [0.717, 1.165) is 30.2 Å². The average Bonchev–Trinajstić information content (AvgIpc) is 2.69. The van der Waals surface area contributed by atoms with Crippen LogP contribution in [0.1, 0.15) is 19.4 Å². The number of guanidine groups is 1. The Hall–Kier alpha value is -1.81. The molecule has 0 heterocycles. The Morgan fingerprint density at radius 2 is 1.63 bits per heavy atom. The zero-order valence-electron chi connectivity index (χ0n) is 18.1. The molecule has 0 fully saturated rings. The van der Waals surface area contributed by atoms with Crippen LogP contribution >= 0.6 is 24.0 Å². The first-order chi connectivity index (χ1) is 13.8. The van der Waals surface area contributed by atoms with Gasteiger partial charge in [0.25, 0.3) is 0 Å². The van der Waals surface area contributed by atoms with E-state index in [1.165, 1.54) is 6.26 Å². The zero-order valence-corrected chi connectivity index (χ0v) is 21.2. The number of rotatable bonds is 9. The van der Waals surface area contributed by atoms with Gasteiger partial charge in [0.1, 0.15) is 0 Å². The van der Waals surface area contributed by atoms with Crippen molar-refractivity contribution in [3.8, 4) is 0 Å². The highest BCUT2D eigenvalue weighted by Gasteiger charge is 2.13. The van der Waals surface area contributed by atoms with Crippen molar-refractivity contribution in [3.05, 3.63) is 60.2 Å². The van der Waals surface area contributed by atoms with Crippen molar-refractivity contribution in [2.24, 2.45) is 10.9 Å². The molecule has 0 saturated heterocycles. The van der Waals surface area contributed by atoms with Crippen LogP contribution in [0.5, 0.6) is 0 Å². The van der Waals surface area contributed by atoms with Gasteiger partial charge in [-0.2, -0.15) is 0 Å². The predicted octanol–water partition coefficient (Wildman–Crippen LogP) is 3.55. The Labute approximate surface area is 197 Å². The Kier molecular flexibility index (Phi) is 11.2. The first kappa shape index (κ1) is 26.2. The standard InChI is InChI=1S/C22H32N4O2S.HI/c1-17(2)21(26-19-8-6-5-7-9-19)16-25-22(23-3)24-15-14-18-10-12-20(13-11-18)29(4,27)28;/h5-13,17,21,26H,14-16H2,1-4H3,(H2,23,24,25);1H. The zero-order chi connectivity index (χ0) is 21.3. The Morgan fingerprint density at radius 1 is 1.00 bits per heavy atom. The van der Waals surface area contributed by atoms with E-state index in [4.69, 9.17) is 0 Å². The van der Waals surface area contributed by atoms with E-state index in [9.17, 15) is 8.42 Å². The van der Waals surface area contributed by atoms with Crippen molar-refractivity contribution in [1.29, 1.82) is 0 Å². The van der Waals surface area contributed by atoms with E-state index in [-0.39, 0.29) is 30.0 Å². The fourth-order valence-electron chi connectivity index (χ4n) is 2.86. The molecule has 6 nitrogen and oxygen atoms in total. The minimum absolute atomic E-state index is 0. The van der Waals surface area contributed by atoms with Gasteiger partial charge in [0.05, 0.1) is 4.90 Å². The molecule has 3 N–H and O–H groups in total. The third kappa shape index (κ3) is 8.91. The molecule has 0 aliphatic carbocycles. The smallest absolute Gasteiger partial charge is 0.191 e. The predicted molar refractivity (Wildman–Crippen MR) is 137 cm³/mol. The number of para-hydroxylation sites is 1. The molecule has 0 saturated carbocycles. The van der Waals surface area contributed by atoms with Gasteiger partial charge >= 0.3 is 0 Å². The summed E-state index contributed by atoms with van der Waals surface area (Å²) < 4.78 is 23.1. The van der Waals surface area contributed by atoms with Crippen LogP contribution in [0.15, 0.2) is 64.5 Å². The first-order valence-electron chi connectivity index (χ1n) is 9.84. The number of benzene rings is 2. The third-order valence-corrected chi connectivity index (χ3v) is 5.83. The van der Waals surface area contributed by atoms with Gasteiger partial charge in [0.15, 0.2) is 15.8 Å². The summed E-state index contributed by atoms with van der Waals surface area (Å²) in [5, 5.41) is 10.3. The van der Waals surface area contributed by atoms with Gasteiger partial charge in [-0.3, -0.25) is 4.99 Å². The van der Waals surface area contributed by atoms with Crippen LogP contribution in [0.3, 0.4) is 0 Å². The average molecular weight is 545 g/mol. The molecule has 2 aromatic rings. The number of hydrogen-bond donors (Lipinski definition) is 3. The molecule has 2 rings (SSSR count). The topological polar surface area (TPSA) is 82.6 Å². The lowest BCUT2D eigenvalue weighted by Gasteiger charge is -2.25. The largest absolute Gasteiger partial charge is 0.380 e. The monoisotopic (exact) mass is 544 g/mol. The van der Waals surface area contributed by atoms with Gasteiger partial charge in [0, 0.05) is 38.1 Å². The molecule has 0 bridgehead atoms. The lowest BCUT2D eigenvalue weighted by Crippen LogP contribution is -2.45. The van der Waals surface area contributed by atoms with Gasteiger partial charge in [-0.25, -0.2) is 8.42 Å². The number of hydrogen-bond acceptors (Lipinski definition) is 4. The molecule has 30 heavy (non-hydrogen) atoms. The van der Waals surface area contributed by atoms with Crippen LogP contribution in [0.4, 0.5) is 5.69 Å². The van der Waals surface area contributed by atoms with Crippen LogP contribution in [-0.2, 0) is 16.3 Å². The molecule has 0 aliphatic heterocycles. The van der Waals surface area contributed by atoms with E-state index in [2.05, 4.69) is 46.9 Å². The molecular weight excluding hydrogens is 511 g/mol. The van der Waals surface area contributed by atoms with Gasteiger partial charge in [-0.05, 0) is 42.2 Å². The van der Waals surface area contributed by atoms with Crippen molar-refractivity contribution < 1.29 is 8.42 Å². The minimum Gasteiger partial charge on any atom is -0.380 e. The molecule has 0 aliphatic rings. The molecule has 8 heteroatoms. The van der Waals surface area contributed by atoms with E-state index in [1.54, 1.807) is 19.2 Å². The van der Waals surface area contributed by atoms with Crippen LogP contribution in [0.25, 0.3) is 0 Å². The molecule has 0 spiro atoms. The van der Waals surface area contributed by atoms with Gasteiger partial charge in [-0.1, -0.05) is 44.2 Å². The number of anilines is 1. The molecule has 0 aromatic heterocycles. The van der Waals surface area contributed by atoms with E-state index in [0.29, 0.717) is 17.4 Å². The molecule has 1 atom stereocenters. The molecule has 2 aromatic carbocycles. The first-order valence-corrected chi connectivity index (χ1v) is 11.7. The summed E-state index contributed by atoms with van der Waals surface area (Å²) >= 11 is 0. The van der Waals surface area contributed by atoms with Crippen molar-refractivity contribution >= 4 is 45.5 Å². The molecule has 1 unspecified atom stereocenters. The maximum atomic E-state index is 11.5. The number of halogens is 1. The summed E-state index contributed by atoms with van der Waals surface area (Å²) in [7, 11) is -1.40. The second kappa shape index (κ2) is 12.8. The maximum Gasteiger partial charge on any atom is 0.191 e. The van der Waals surface area contributed by atoms with Crippen molar-refractivity contribution in [3.63, 3.8) is 0 Å². The number of aliphatic imine (C=N–C) groups is 1. The van der Waals surface area contributed by atoms with Crippen LogP contribution in [-0.4, -0.2) is 46.8 Å². The van der Waals surface area contributed by atoms with Crippen LogP contribution in [0, 0.1) is 5.92 Å². The van der Waals surface area contributed by atoms with Gasteiger partial charge in [-0.15, -0.1) is 24.0 Å². The molecular formula is C22H33IN4O2S. The van der Waals surface area contributed by atoms with Crippen molar-refractivity contribution in [2.45, 2.75) is 31.2 Å². The fraction of sp³-hybridized carbons (Fsp3) is 0.409. The summed E-state index contributed by atoms with van der Waals surface area (Å²) in [5.41, 5.74) is 2.18. The quantitative estimate of drug-likeness (QED) is 0.256. The third-order valence-electron chi connectivity index (χ3n) is 4.70. The van der Waals surface area contributed by atoms with Crippen LogP contribution in [0.2, 0.25) is 0 Å². The molecule has 0 radical (unpaired) electrons. The second-order valence-electron chi connectivity index (χ2n) is 7.41. The van der Waals surface area contributed by atoms with Crippen molar-refractivity contribution in [1.82, 2.24) is 10.6 Å². The highest BCUT2D eigenvalue weighted by Crippen LogP contribution is 2.12. The summed E-state index contributed by atoms with van der Waals surface area (Å²) in [6, 6.07) is 17.5. The fourth-order valence-corrected chi connectivity index (χ4v) is 3.49. The summed E-state index contributed by atoms with van der Waals surface area (Å²) in [6.45, 7) is 5.84. The Morgan fingerprint density at radius 3 is 2.17 bits per heavy atom. The van der Waals surface area contributed by atoms with Gasteiger partial charge in [0.2, 0.25) is 0 Å². The van der Waals surface area contributed by atoms with Crippen molar-refractivity contribution in [2.75, 3.05) is 31.7 Å². The number of nitrogens with one attached hydrogen (secondary N) is 3. The number of sulfone groups is 1. The highest BCUT2D eigenvalue weighted by atomic mass is 127. The molecule has 0 amide bonds. The SMILES string of the molecule is CN=C(NCCc1ccc(S(C)(=O)=O)cc1)NCC(Nc1ccccc1)C(C)C.I. The summed E-state index contributed by atoms with van der Waals surface area (Å²) in [4.78, 5) is 4.64. The van der Waals surface area contributed by atoms with E-state index < -0.39 is 9.84 Å². The van der Waals surface area contributed by atoms with Crippen LogP contribution < -0.4 is 16.0 Å². The van der Waals surface area contributed by atoms with E-state index >= 15 is 0 Å². The number of nitrogens with zero attached hydrogens (tertiary/aromatic N) is 1. The van der Waals surface area contributed by atoms with Gasteiger partial charge < -0.3 is 16.0 Å². The summed E-state index contributed by atoms with van der Waals surface area (Å²) in [5.74, 6) is 1.20. The normalized spacial score (nSPS) is 12.8. The highest BCUT2D eigenvalue weighted by molar-refractivity contribution is 14.0. The Bertz CT molecular complexity index is 885. The summed E-state index contributed by atoms with van der Waals surface area (Å²) in [6.07, 6.45) is 2.00. The lowest BCUT2D eigenvalue weighted by atomic mass is 10.0. The second-order valence-corrected chi connectivity index (χ2v) is 9.42. The maximum absolute atomic E-state index is 11.5. The minimum atomic E-state index is -3.15. The lowest BCUT2D eigenvalue weighted by molar-refractivity contribution is 0.512. The Balaban J connectivity index is 0.00000450. The molecule has 166 valence electrons. The van der Waals surface area contributed by atoms with E-state index in [1.807, 2.05) is 30.3 Å².